The van der Waals surface area contributed by atoms with E-state index in [4.69, 9.17) is 14.7 Å². The highest BCUT2D eigenvalue weighted by molar-refractivity contribution is 7.85. The molecule has 260 valence electrons. The topological polar surface area (TPSA) is 166 Å². The Morgan fingerprint density at radius 1 is 1.06 bits per heavy atom. The van der Waals surface area contributed by atoms with Crippen LogP contribution in [0.25, 0.3) is 5.65 Å². The molecule has 13 nitrogen and oxygen atoms in total. The molecule has 4 N–H and O–H groups in total. The molecule has 14 heteroatoms. The van der Waals surface area contributed by atoms with Crippen LogP contribution in [-0.4, -0.2) is 66.4 Å². The Balaban J connectivity index is 1.30. The first kappa shape index (κ1) is 35.1. The third kappa shape index (κ3) is 8.64. The number of fused-ring (bicyclic) bond motifs is 2. The Hall–Kier alpha value is -4.17. The van der Waals surface area contributed by atoms with Crippen LogP contribution >= 0.6 is 0 Å². The van der Waals surface area contributed by atoms with Gasteiger partial charge >= 0.3 is 6.03 Å². The zero-order chi connectivity index (χ0) is 34.6. The number of urea groups is 1. The monoisotopic (exact) mass is 680 g/mol. The van der Waals surface area contributed by atoms with Crippen molar-refractivity contribution in [2.45, 2.75) is 91.0 Å². The lowest BCUT2D eigenvalue weighted by Crippen LogP contribution is -2.44. The molecular formula is C34H48N8O5S. The average Bonchev–Trinajstić information content (AvgIpc) is 3.42. The SMILES string of the molecule is CC1CCCC(C)N1c1nnc2ccc(OC3CCC(NC(=O)NC(C=C(N)C(C)(C)C)=NCCOS(C)(=O)=O)c4ccccc43)cn12. The van der Waals surface area contributed by atoms with Crippen LogP contribution in [0, 0.1) is 5.41 Å². The van der Waals surface area contributed by atoms with Gasteiger partial charge in [-0.05, 0) is 75.3 Å². The van der Waals surface area contributed by atoms with Crippen LogP contribution in [0.5, 0.6) is 5.75 Å². The van der Waals surface area contributed by atoms with Gasteiger partial charge in [-0.3, -0.25) is 18.9 Å². The van der Waals surface area contributed by atoms with Crippen LogP contribution < -0.4 is 26.0 Å². The number of allylic oxidation sites excluding steroid dienone is 1. The number of nitrogens with zero attached hydrogens (tertiary/aromatic N) is 5. The molecule has 4 atom stereocenters. The molecular weight excluding hydrogens is 632 g/mol. The summed E-state index contributed by atoms with van der Waals surface area (Å²) < 4.78 is 36.1. The van der Waals surface area contributed by atoms with Crippen molar-refractivity contribution in [2.24, 2.45) is 16.1 Å². The summed E-state index contributed by atoms with van der Waals surface area (Å²) in [7, 11) is -3.61. The minimum atomic E-state index is -3.61. The Bertz CT molecular complexity index is 1770. The van der Waals surface area contributed by atoms with E-state index in [1.54, 1.807) is 6.08 Å². The van der Waals surface area contributed by atoms with Gasteiger partial charge in [0, 0.05) is 23.2 Å². The molecule has 1 aliphatic carbocycles. The molecule has 3 aromatic rings. The highest BCUT2D eigenvalue weighted by Crippen LogP contribution is 2.39. The Kier molecular flexibility index (Phi) is 10.6. The molecule has 1 fully saturated rings. The first-order valence-electron chi connectivity index (χ1n) is 16.5. The fourth-order valence-electron chi connectivity index (χ4n) is 6.26. The normalized spacial score (nSPS) is 22.3. The van der Waals surface area contributed by atoms with Crippen molar-refractivity contribution in [3.05, 3.63) is 65.5 Å². The van der Waals surface area contributed by atoms with Gasteiger partial charge < -0.3 is 20.7 Å². The summed E-state index contributed by atoms with van der Waals surface area (Å²) in [5, 5.41) is 14.8. The molecule has 2 aromatic heterocycles. The van der Waals surface area contributed by atoms with E-state index in [2.05, 4.69) is 44.6 Å². The lowest BCUT2D eigenvalue weighted by atomic mass is 9.85. The van der Waals surface area contributed by atoms with E-state index in [1.807, 2.05) is 67.8 Å². The molecule has 1 aromatic carbocycles. The summed E-state index contributed by atoms with van der Waals surface area (Å²) in [4.78, 5) is 20.0. The summed E-state index contributed by atoms with van der Waals surface area (Å²) in [5.74, 6) is 1.76. The zero-order valence-electron chi connectivity index (χ0n) is 28.6. The van der Waals surface area contributed by atoms with Crippen LogP contribution in [0.4, 0.5) is 10.7 Å². The highest BCUT2D eigenvalue weighted by atomic mass is 32.2. The Morgan fingerprint density at radius 2 is 1.77 bits per heavy atom. The Labute approximate surface area is 283 Å². The van der Waals surface area contributed by atoms with Gasteiger partial charge in [0.15, 0.2) is 5.65 Å². The van der Waals surface area contributed by atoms with Crippen molar-refractivity contribution in [3.63, 3.8) is 0 Å². The van der Waals surface area contributed by atoms with Crippen LogP contribution in [0.1, 0.15) is 90.0 Å². The predicted molar refractivity (Wildman–Crippen MR) is 187 cm³/mol. The van der Waals surface area contributed by atoms with Crippen LogP contribution in [0.15, 0.2) is 59.4 Å². The molecule has 2 amide bonds. The standard InChI is InChI=1S/C34H48N8O5S/c1-22-10-9-11-23(2)42(22)33-40-39-31-17-14-24(21-41(31)33)47-28-16-15-27(25-12-7-8-13-26(25)28)37-32(43)38-30(20-29(35)34(3,4)5)36-18-19-46-48(6,44)45/h7-8,12-14,17,20-23,27-28H,9-11,15-16,18-19,35H2,1-6H3,(H2,36,37,38,43). The van der Waals surface area contributed by atoms with Crippen molar-refractivity contribution in [2.75, 3.05) is 24.3 Å². The molecule has 4 unspecified atom stereocenters. The van der Waals surface area contributed by atoms with E-state index in [-0.39, 0.29) is 36.5 Å². The van der Waals surface area contributed by atoms with E-state index in [1.165, 1.54) is 6.42 Å². The number of carbonyl (C=O) groups excluding carboxylic acids is 1. The van der Waals surface area contributed by atoms with Crippen molar-refractivity contribution < 1.29 is 22.1 Å². The summed E-state index contributed by atoms with van der Waals surface area (Å²) in [6, 6.07) is 11.8. The van der Waals surface area contributed by atoms with E-state index >= 15 is 0 Å². The maximum absolute atomic E-state index is 13.3. The summed E-state index contributed by atoms with van der Waals surface area (Å²) in [5.41, 5.74) is 9.14. The molecule has 1 saturated heterocycles. The molecule has 0 saturated carbocycles. The van der Waals surface area contributed by atoms with Gasteiger partial charge in [0.2, 0.25) is 5.95 Å². The number of hydrogen-bond acceptors (Lipinski definition) is 10. The third-order valence-electron chi connectivity index (χ3n) is 8.87. The van der Waals surface area contributed by atoms with Gasteiger partial charge in [0.25, 0.3) is 10.1 Å². The number of amidine groups is 1. The number of nitrogens with one attached hydrogen (secondary N) is 2. The maximum Gasteiger partial charge on any atom is 0.320 e. The van der Waals surface area contributed by atoms with Gasteiger partial charge in [-0.1, -0.05) is 45.0 Å². The van der Waals surface area contributed by atoms with E-state index < -0.39 is 16.1 Å². The second-order valence-electron chi connectivity index (χ2n) is 13.7. The van der Waals surface area contributed by atoms with Crippen molar-refractivity contribution in [1.82, 2.24) is 25.2 Å². The summed E-state index contributed by atoms with van der Waals surface area (Å²) in [6.07, 6.45) is 9.09. The molecule has 3 heterocycles. The lowest BCUT2D eigenvalue weighted by Gasteiger charge is -2.39. The van der Waals surface area contributed by atoms with E-state index in [0.717, 1.165) is 41.8 Å². The number of amides is 2. The maximum atomic E-state index is 13.3. The number of pyridine rings is 1. The second-order valence-corrected chi connectivity index (χ2v) is 15.4. The first-order chi connectivity index (χ1) is 22.7. The lowest BCUT2D eigenvalue weighted by molar-refractivity contribution is 0.171. The number of aliphatic imine (C=N–C) groups is 1. The smallest absolute Gasteiger partial charge is 0.320 e. The van der Waals surface area contributed by atoms with E-state index in [9.17, 15) is 13.2 Å². The number of aromatic nitrogens is 3. The molecule has 48 heavy (non-hydrogen) atoms. The van der Waals surface area contributed by atoms with Gasteiger partial charge in [-0.2, -0.15) is 8.42 Å². The van der Waals surface area contributed by atoms with Gasteiger partial charge in [-0.25, -0.2) is 4.79 Å². The number of carbonyl (C=O) groups is 1. The van der Waals surface area contributed by atoms with Gasteiger partial charge in [-0.15, -0.1) is 10.2 Å². The van der Waals surface area contributed by atoms with Crippen LogP contribution in [-0.2, 0) is 14.3 Å². The van der Waals surface area contributed by atoms with Crippen molar-refractivity contribution in [1.29, 1.82) is 0 Å². The zero-order valence-corrected chi connectivity index (χ0v) is 29.5. The number of rotatable bonds is 9. The van der Waals surface area contributed by atoms with Gasteiger partial charge in [0.05, 0.1) is 31.6 Å². The average molecular weight is 681 g/mol. The number of hydrogen-bond donors (Lipinski definition) is 3. The van der Waals surface area contributed by atoms with E-state index in [0.29, 0.717) is 36.4 Å². The Morgan fingerprint density at radius 3 is 2.46 bits per heavy atom. The summed E-state index contributed by atoms with van der Waals surface area (Å²) in [6.45, 7) is 10.2. The molecule has 0 bridgehead atoms. The van der Waals surface area contributed by atoms with Crippen molar-refractivity contribution >= 4 is 33.6 Å². The third-order valence-corrected chi connectivity index (χ3v) is 9.47. The predicted octanol–water partition coefficient (Wildman–Crippen LogP) is 5.01. The summed E-state index contributed by atoms with van der Waals surface area (Å²) >= 11 is 0. The van der Waals surface area contributed by atoms with Crippen LogP contribution in [0.3, 0.4) is 0 Å². The van der Waals surface area contributed by atoms with Crippen molar-refractivity contribution in [3.8, 4) is 5.75 Å². The number of anilines is 1. The van der Waals surface area contributed by atoms with Crippen LogP contribution in [0.2, 0.25) is 0 Å². The molecule has 2 aliphatic rings. The molecule has 5 rings (SSSR count). The largest absolute Gasteiger partial charge is 0.484 e. The molecule has 1 aliphatic heterocycles. The first-order valence-corrected chi connectivity index (χ1v) is 18.3. The fraction of sp³-hybridized carbons (Fsp3) is 0.529. The quantitative estimate of drug-likeness (QED) is 0.122. The van der Waals surface area contributed by atoms with Gasteiger partial charge in [0.1, 0.15) is 17.7 Å². The number of ether oxygens (including phenoxy) is 1. The molecule has 0 radical (unpaired) electrons. The minimum Gasteiger partial charge on any atom is -0.484 e. The number of nitrogens with two attached hydrogens (primary N) is 1. The number of benzene rings is 1. The molecule has 0 spiro atoms. The number of piperidine rings is 1. The minimum absolute atomic E-state index is 0.0143. The fourth-order valence-corrected chi connectivity index (χ4v) is 6.64. The second kappa shape index (κ2) is 14.5. The highest BCUT2D eigenvalue weighted by Gasteiger charge is 2.31.